The molecular formula is C15H19NO. The number of hydrogen-bond donors (Lipinski definition) is 1. The van der Waals surface area contributed by atoms with Crippen molar-refractivity contribution in [1.82, 2.24) is 5.32 Å². The predicted octanol–water partition coefficient (Wildman–Crippen LogP) is 3.64. The Morgan fingerprint density at radius 1 is 1.29 bits per heavy atom. The molecule has 0 aliphatic heterocycles. The first kappa shape index (κ1) is 10.8. The number of fused-ring (bicyclic) bond motifs is 1. The van der Waals surface area contributed by atoms with Crippen molar-refractivity contribution in [2.24, 2.45) is 0 Å². The number of para-hydroxylation sites is 1. The van der Waals surface area contributed by atoms with Crippen molar-refractivity contribution in [2.45, 2.75) is 45.2 Å². The summed E-state index contributed by atoms with van der Waals surface area (Å²) in [4.78, 5) is 0. The Labute approximate surface area is 102 Å². The van der Waals surface area contributed by atoms with Crippen LogP contribution in [0.1, 0.15) is 37.5 Å². The molecule has 1 aromatic heterocycles. The van der Waals surface area contributed by atoms with Gasteiger partial charge in [0.15, 0.2) is 0 Å². The van der Waals surface area contributed by atoms with Crippen LogP contribution in [0, 0.1) is 0 Å². The van der Waals surface area contributed by atoms with Gasteiger partial charge < -0.3 is 9.73 Å². The molecule has 1 N–H and O–H groups in total. The van der Waals surface area contributed by atoms with Crippen molar-refractivity contribution in [3.05, 3.63) is 35.6 Å². The Morgan fingerprint density at radius 2 is 2.12 bits per heavy atom. The minimum absolute atomic E-state index is 0.730. The van der Waals surface area contributed by atoms with Gasteiger partial charge in [-0.25, -0.2) is 0 Å². The molecule has 0 radical (unpaired) electrons. The Hall–Kier alpha value is -1.28. The third-order valence-electron chi connectivity index (χ3n) is 3.78. The van der Waals surface area contributed by atoms with Gasteiger partial charge in [0.25, 0.3) is 0 Å². The van der Waals surface area contributed by atoms with Crippen LogP contribution >= 0.6 is 0 Å². The van der Waals surface area contributed by atoms with Crippen LogP contribution in [-0.2, 0) is 13.0 Å². The molecule has 3 rings (SSSR count). The highest BCUT2D eigenvalue weighted by molar-refractivity contribution is 5.82. The third kappa shape index (κ3) is 1.98. The molecule has 1 aromatic carbocycles. The lowest BCUT2D eigenvalue weighted by molar-refractivity contribution is 0.337. The zero-order chi connectivity index (χ0) is 11.7. The molecular weight excluding hydrogens is 210 g/mol. The maximum absolute atomic E-state index is 5.89. The highest BCUT2D eigenvalue weighted by Crippen LogP contribution is 2.27. The smallest absolute Gasteiger partial charge is 0.134 e. The molecule has 0 unspecified atom stereocenters. The van der Waals surface area contributed by atoms with E-state index >= 15 is 0 Å². The summed E-state index contributed by atoms with van der Waals surface area (Å²) in [6, 6.07) is 9.07. The lowest BCUT2D eigenvalue weighted by atomic mass is 9.93. The molecule has 2 heteroatoms. The number of aryl methyl sites for hydroxylation is 1. The second-order valence-electron chi connectivity index (χ2n) is 4.86. The molecule has 17 heavy (non-hydrogen) atoms. The largest absolute Gasteiger partial charge is 0.461 e. The maximum Gasteiger partial charge on any atom is 0.134 e. The summed E-state index contributed by atoms with van der Waals surface area (Å²) >= 11 is 0. The predicted molar refractivity (Wildman–Crippen MR) is 70.1 cm³/mol. The summed E-state index contributed by atoms with van der Waals surface area (Å²) in [5.41, 5.74) is 2.38. The second-order valence-corrected chi connectivity index (χ2v) is 4.86. The summed E-state index contributed by atoms with van der Waals surface area (Å²) < 4.78 is 5.89. The third-order valence-corrected chi connectivity index (χ3v) is 3.78. The fourth-order valence-electron chi connectivity index (χ4n) is 2.49. The van der Waals surface area contributed by atoms with Crippen LogP contribution in [0.3, 0.4) is 0 Å². The van der Waals surface area contributed by atoms with Crippen LogP contribution in [-0.4, -0.2) is 6.04 Å². The average molecular weight is 229 g/mol. The van der Waals surface area contributed by atoms with Gasteiger partial charge in [0.2, 0.25) is 0 Å². The van der Waals surface area contributed by atoms with Gasteiger partial charge in [0, 0.05) is 30.0 Å². The molecule has 1 heterocycles. The van der Waals surface area contributed by atoms with E-state index in [2.05, 4.69) is 30.4 Å². The van der Waals surface area contributed by atoms with Crippen molar-refractivity contribution in [3.8, 4) is 0 Å². The van der Waals surface area contributed by atoms with Gasteiger partial charge in [-0.2, -0.15) is 0 Å². The van der Waals surface area contributed by atoms with Crippen molar-refractivity contribution in [2.75, 3.05) is 0 Å². The molecule has 2 nitrogen and oxygen atoms in total. The first-order valence-corrected chi connectivity index (χ1v) is 6.61. The van der Waals surface area contributed by atoms with Crippen molar-refractivity contribution in [1.29, 1.82) is 0 Å². The van der Waals surface area contributed by atoms with Gasteiger partial charge in [0.05, 0.1) is 0 Å². The van der Waals surface area contributed by atoms with Crippen LogP contribution < -0.4 is 5.32 Å². The van der Waals surface area contributed by atoms with E-state index in [1.54, 1.807) is 0 Å². The first-order valence-electron chi connectivity index (χ1n) is 6.61. The molecule has 2 aromatic rings. The molecule has 1 fully saturated rings. The van der Waals surface area contributed by atoms with E-state index in [1.165, 1.54) is 30.2 Å². The fourth-order valence-corrected chi connectivity index (χ4v) is 2.49. The molecule has 1 aliphatic carbocycles. The molecule has 0 atom stereocenters. The monoisotopic (exact) mass is 229 g/mol. The summed E-state index contributed by atoms with van der Waals surface area (Å²) in [7, 11) is 0. The molecule has 1 aliphatic rings. The minimum Gasteiger partial charge on any atom is -0.461 e. The molecule has 0 saturated heterocycles. The quantitative estimate of drug-likeness (QED) is 0.866. The molecule has 0 bridgehead atoms. The van der Waals surface area contributed by atoms with Crippen LogP contribution in [0.2, 0.25) is 0 Å². The van der Waals surface area contributed by atoms with Crippen LogP contribution in [0.15, 0.2) is 28.7 Å². The van der Waals surface area contributed by atoms with E-state index in [1.807, 2.05) is 6.07 Å². The van der Waals surface area contributed by atoms with E-state index in [0.717, 1.165) is 30.4 Å². The lowest BCUT2D eigenvalue weighted by Gasteiger charge is -2.26. The topological polar surface area (TPSA) is 25.2 Å². The summed E-state index contributed by atoms with van der Waals surface area (Å²) in [5.74, 6) is 1.14. The lowest BCUT2D eigenvalue weighted by Crippen LogP contribution is -2.34. The van der Waals surface area contributed by atoms with Gasteiger partial charge in [-0.05, 0) is 18.9 Å². The van der Waals surface area contributed by atoms with Gasteiger partial charge in [-0.1, -0.05) is 31.5 Å². The van der Waals surface area contributed by atoms with E-state index < -0.39 is 0 Å². The van der Waals surface area contributed by atoms with E-state index in [0.29, 0.717) is 0 Å². The highest BCUT2D eigenvalue weighted by atomic mass is 16.3. The Balaban J connectivity index is 1.88. The number of hydrogen-bond acceptors (Lipinski definition) is 2. The van der Waals surface area contributed by atoms with Crippen molar-refractivity contribution >= 4 is 11.0 Å². The standard InChI is InChI=1S/C15H19NO/c1-2-14-13(10-16-11-6-5-7-11)12-8-3-4-9-15(12)17-14/h3-4,8-9,11,16H,2,5-7,10H2,1H3. The average Bonchev–Trinajstić information content (AvgIpc) is 2.66. The fraction of sp³-hybridized carbons (Fsp3) is 0.467. The minimum atomic E-state index is 0.730. The Bertz CT molecular complexity index is 511. The molecule has 90 valence electrons. The van der Waals surface area contributed by atoms with E-state index in [4.69, 9.17) is 4.42 Å². The number of nitrogens with one attached hydrogen (secondary N) is 1. The SMILES string of the molecule is CCc1oc2ccccc2c1CNC1CCC1. The Kier molecular flexibility index (Phi) is 2.89. The second kappa shape index (κ2) is 4.53. The molecule has 1 saturated carbocycles. The van der Waals surface area contributed by atoms with Gasteiger partial charge in [-0.15, -0.1) is 0 Å². The van der Waals surface area contributed by atoms with E-state index in [-0.39, 0.29) is 0 Å². The van der Waals surface area contributed by atoms with Crippen molar-refractivity contribution in [3.63, 3.8) is 0 Å². The molecule has 0 amide bonds. The maximum atomic E-state index is 5.89. The van der Waals surface area contributed by atoms with Crippen molar-refractivity contribution < 1.29 is 4.42 Å². The number of benzene rings is 1. The number of furan rings is 1. The van der Waals surface area contributed by atoms with Gasteiger partial charge in [0.1, 0.15) is 11.3 Å². The number of rotatable bonds is 4. The van der Waals surface area contributed by atoms with Gasteiger partial charge in [-0.3, -0.25) is 0 Å². The van der Waals surface area contributed by atoms with Crippen LogP contribution in [0.25, 0.3) is 11.0 Å². The van der Waals surface area contributed by atoms with Crippen LogP contribution in [0.4, 0.5) is 0 Å². The zero-order valence-electron chi connectivity index (χ0n) is 10.3. The van der Waals surface area contributed by atoms with E-state index in [9.17, 15) is 0 Å². The summed E-state index contributed by atoms with van der Waals surface area (Å²) in [5, 5.41) is 4.90. The van der Waals surface area contributed by atoms with Gasteiger partial charge >= 0.3 is 0 Å². The summed E-state index contributed by atoms with van der Waals surface area (Å²) in [6.07, 6.45) is 5.01. The highest BCUT2D eigenvalue weighted by Gasteiger charge is 2.18. The zero-order valence-corrected chi connectivity index (χ0v) is 10.3. The normalized spacial score (nSPS) is 16.3. The van der Waals surface area contributed by atoms with Crippen LogP contribution in [0.5, 0.6) is 0 Å². The molecule has 0 spiro atoms. The Morgan fingerprint density at radius 3 is 2.82 bits per heavy atom. The summed E-state index contributed by atoms with van der Waals surface area (Å²) in [6.45, 7) is 3.11. The first-order chi connectivity index (χ1) is 8.38.